The molecule has 1 aromatic carbocycles. The predicted octanol–water partition coefficient (Wildman–Crippen LogP) is 2.10. The number of rotatable bonds is 5. The van der Waals surface area contributed by atoms with Crippen molar-refractivity contribution in [3.05, 3.63) is 17.4 Å². The molecule has 1 amide bonds. The van der Waals surface area contributed by atoms with Gasteiger partial charge in [-0.1, -0.05) is 5.16 Å². The number of nitrogens with zero attached hydrogens (tertiary/aromatic N) is 3. The summed E-state index contributed by atoms with van der Waals surface area (Å²) < 4.78 is 31.4. The van der Waals surface area contributed by atoms with E-state index in [1.54, 1.807) is 4.90 Å². The first-order valence-corrected chi connectivity index (χ1v) is 9.48. The molecule has 0 radical (unpaired) electrons. The molecule has 3 atom stereocenters. The summed E-state index contributed by atoms with van der Waals surface area (Å²) in [5, 5.41) is 13.3. The number of fused-ring (bicyclic) bond motifs is 1. The number of aldehydes is 1. The van der Waals surface area contributed by atoms with Crippen molar-refractivity contribution < 1.29 is 33.1 Å². The van der Waals surface area contributed by atoms with Gasteiger partial charge in [0.1, 0.15) is 6.61 Å². The molecular formula is C19H22FN3O6. The maximum atomic E-state index is 15.4. The Morgan fingerprint density at radius 2 is 2.07 bits per heavy atom. The highest BCUT2D eigenvalue weighted by molar-refractivity contribution is 6.03. The number of hydrogen-bond acceptors (Lipinski definition) is 8. The zero-order valence-electron chi connectivity index (χ0n) is 16.1. The highest BCUT2D eigenvalue weighted by Crippen LogP contribution is 2.38. The molecule has 4 rings (SSSR count). The van der Waals surface area contributed by atoms with Gasteiger partial charge in [0.25, 0.3) is 0 Å². The van der Waals surface area contributed by atoms with Crippen LogP contribution in [0.5, 0.6) is 0 Å². The van der Waals surface area contributed by atoms with Gasteiger partial charge < -0.3 is 24.0 Å². The number of morpholine rings is 1. The molecule has 2 saturated heterocycles. The molecule has 3 heterocycles. The van der Waals surface area contributed by atoms with Crippen LogP contribution in [0.25, 0.3) is 11.0 Å². The topological polar surface area (TPSA) is 105 Å². The molecule has 0 bridgehead atoms. The monoisotopic (exact) mass is 407 g/mol. The molecule has 29 heavy (non-hydrogen) atoms. The summed E-state index contributed by atoms with van der Waals surface area (Å²) in [6.45, 7) is 4.54. The second kappa shape index (κ2) is 7.60. The lowest BCUT2D eigenvalue weighted by molar-refractivity contribution is -0.00543. The second-order valence-electron chi connectivity index (χ2n) is 7.40. The summed E-state index contributed by atoms with van der Waals surface area (Å²) in [5.74, 6) is -0.644. The average molecular weight is 407 g/mol. The summed E-state index contributed by atoms with van der Waals surface area (Å²) in [5.41, 5.74) is 0.120. The average Bonchev–Trinajstić information content (AvgIpc) is 3.24. The third kappa shape index (κ3) is 3.32. The number of aromatic nitrogens is 1. The minimum absolute atomic E-state index is 0.0678. The van der Waals surface area contributed by atoms with E-state index in [2.05, 4.69) is 5.16 Å². The van der Waals surface area contributed by atoms with E-state index in [4.69, 9.17) is 14.0 Å². The van der Waals surface area contributed by atoms with Gasteiger partial charge >= 0.3 is 6.09 Å². The molecule has 0 unspecified atom stereocenters. The van der Waals surface area contributed by atoms with E-state index in [0.29, 0.717) is 19.4 Å². The number of aliphatic hydroxyl groups excluding tert-OH is 1. The Morgan fingerprint density at radius 3 is 2.72 bits per heavy atom. The van der Waals surface area contributed by atoms with Crippen molar-refractivity contribution in [3.63, 3.8) is 0 Å². The Bertz CT molecular complexity index is 938. The Morgan fingerprint density at radius 1 is 1.34 bits per heavy atom. The van der Waals surface area contributed by atoms with Crippen LogP contribution in [-0.2, 0) is 9.47 Å². The van der Waals surface area contributed by atoms with Gasteiger partial charge in [-0.05, 0) is 26.3 Å². The molecule has 2 aliphatic heterocycles. The highest BCUT2D eigenvalue weighted by atomic mass is 19.1. The Labute approximate surface area is 165 Å². The van der Waals surface area contributed by atoms with Crippen molar-refractivity contribution >= 4 is 34.9 Å². The van der Waals surface area contributed by atoms with Crippen molar-refractivity contribution in [2.75, 3.05) is 36.1 Å². The maximum Gasteiger partial charge on any atom is 0.416 e. The second-order valence-corrected chi connectivity index (χ2v) is 7.40. The number of cyclic esters (lactones) is 1. The summed E-state index contributed by atoms with van der Waals surface area (Å²) in [6.07, 6.45) is -0.0707. The highest BCUT2D eigenvalue weighted by Gasteiger charge is 2.38. The molecular weight excluding hydrogens is 385 g/mol. The molecule has 1 aromatic heterocycles. The van der Waals surface area contributed by atoms with Gasteiger partial charge in [-0.2, -0.15) is 0 Å². The lowest BCUT2D eigenvalue weighted by Crippen LogP contribution is -2.46. The smallest absolute Gasteiger partial charge is 0.416 e. The molecule has 2 aromatic rings. The van der Waals surface area contributed by atoms with E-state index in [9.17, 15) is 14.7 Å². The van der Waals surface area contributed by atoms with Gasteiger partial charge in [-0.3, -0.25) is 9.69 Å². The number of ether oxygens (including phenoxy) is 2. The van der Waals surface area contributed by atoms with E-state index in [-0.39, 0.29) is 59.9 Å². The molecule has 2 fully saturated rings. The number of halogens is 1. The normalized spacial score (nSPS) is 25.0. The van der Waals surface area contributed by atoms with Crippen molar-refractivity contribution in [1.82, 2.24) is 5.16 Å². The fraction of sp³-hybridized carbons (Fsp3) is 0.526. The van der Waals surface area contributed by atoms with Gasteiger partial charge in [0.15, 0.2) is 17.9 Å². The largest absolute Gasteiger partial charge is 0.447 e. The van der Waals surface area contributed by atoms with Crippen LogP contribution >= 0.6 is 0 Å². The first kappa shape index (κ1) is 19.6. The number of benzene rings is 1. The zero-order valence-corrected chi connectivity index (χ0v) is 16.1. The summed E-state index contributed by atoms with van der Waals surface area (Å²) in [4.78, 5) is 27.0. The number of amides is 1. The van der Waals surface area contributed by atoms with Gasteiger partial charge in [0, 0.05) is 25.3 Å². The lowest BCUT2D eigenvalue weighted by Gasteiger charge is -2.37. The van der Waals surface area contributed by atoms with Crippen LogP contribution < -0.4 is 9.80 Å². The minimum atomic E-state index is -0.712. The SMILES string of the molecule is C[C@@H]1CN(c2c(C=O)cc3c(N4C(=O)OC[C@@H]4CCO)noc3c2F)C[C@@H](C)O1. The van der Waals surface area contributed by atoms with Crippen molar-refractivity contribution in [3.8, 4) is 0 Å². The van der Waals surface area contributed by atoms with Crippen LogP contribution in [0.2, 0.25) is 0 Å². The molecule has 2 aliphatic rings. The quantitative estimate of drug-likeness (QED) is 0.752. The summed E-state index contributed by atoms with van der Waals surface area (Å²) in [7, 11) is 0. The van der Waals surface area contributed by atoms with Crippen LogP contribution in [-0.4, -0.2) is 67.2 Å². The number of anilines is 2. The van der Waals surface area contributed by atoms with E-state index >= 15 is 4.39 Å². The van der Waals surface area contributed by atoms with Gasteiger partial charge in [-0.25, -0.2) is 9.18 Å². The molecule has 0 aliphatic carbocycles. The standard InChI is InChI=1S/C19H22FN3O6/c1-10-6-22(7-11(2)28-10)16-12(8-25)5-14-17(15(16)20)29-21-18(14)23-13(3-4-24)9-27-19(23)26/h5,8,10-11,13,24H,3-4,6-7,9H2,1-2H3/t10-,11-,13+/m1/s1. The van der Waals surface area contributed by atoms with Gasteiger partial charge in [-0.15, -0.1) is 0 Å². The van der Waals surface area contributed by atoms with Gasteiger partial charge in [0.2, 0.25) is 5.58 Å². The molecule has 156 valence electrons. The summed E-state index contributed by atoms with van der Waals surface area (Å²) in [6, 6.07) is 1.02. The van der Waals surface area contributed by atoms with Crippen LogP contribution in [0.15, 0.2) is 10.6 Å². The first-order valence-electron chi connectivity index (χ1n) is 9.48. The maximum absolute atomic E-state index is 15.4. The Hall–Kier alpha value is -2.72. The van der Waals surface area contributed by atoms with Crippen LogP contribution in [0.3, 0.4) is 0 Å². The molecule has 9 nitrogen and oxygen atoms in total. The number of carbonyl (C=O) groups is 2. The molecule has 1 N–H and O–H groups in total. The van der Waals surface area contributed by atoms with Crippen molar-refractivity contribution in [1.29, 1.82) is 0 Å². The van der Waals surface area contributed by atoms with E-state index in [1.165, 1.54) is 11.0 Å². The van der Waals surface area contributed by atoms with Crippen LogP contribution in [0, 0.1) is 5.82 Å². The van der Waals surface area contributed by atoms with E-state index in [0.717, 1.165) is 0 Å². The lowest BCUT2D eigenvalue weighted by atomic mass is 10.1. The van der Waals surface area contributed by atoms with E-state index in [1.807, 2.05) is 13.8 Å². The third-order valence-electron chi connectivity index (χ3n) is 5.20. The molecule has 0 spiro atoms. The van der Waals surface area contributed by atoms with E-state index < -0.39 is 18.0 Å². The molecule has 10 heteroatoms. The van der Waals surface area contributed by atoms with Crippen LogP contribution in [0.4, 0.5) is 20.7 Å². The number of aliphatic hydroxyl groups is 1. The van der Waals surface area contributed by atoms with Crippen molar-refractivity contribution in [2.45, 2.75) is 38.5 Å². The number of hydrogen-bond donors (Lipinski definition) is 1. The minimum Gasteiger partial charge on any atom is -0.447 e. The Balaban J connectivity index is 1.81. The third-order valence-corrected chi connectivity index (χ3v) is 5.20. The predicted molar refractivity (Wildman–Crippen MR) is 101 cm³/mol. The Kier molecular flexibility index (Phi) is 5.13. The fourth-order valence-electron chi connectivity index (χ4n) is 4.06. The first-order chi connectivity index (χ1) is 13.9. The fourth-order valence-corrected chi connectivity index (χ4v) is 4.06. The van der Waals surface area contributed by atoms with Gasteiger partial charge in [0.05, 0.1) is 29.3 Å². The zero-order chi connectivity index (χ0) is 20.7. The van der Waals surface area contributed by atoms with Crippen molar-refractivity contribution in [2.24, 2.45) is 0 Å². The number of carbonyl (C=O) groups excluding carboxylic acids is 2. The van der Waals surface area contributed by atoms with Crippen LogP contribution in [0.1, 0.15) is 30.6 Å². The summed E-state index contributed by atoms with van der Waals surface area (Å²) >= 11 is 0. The molecule has 0 saturated carbocycles.